The van der Waals surface area contributed by atoms with E-state index in [2.05, 4.69) is 11.9 Å². The number of aryl methyl sites for hydroxylation is 1. The third kappa shape index (κ3) is 5.25. The number of aliphatic carboxylic acids is 1. The average molecular weight is 263 g/mol. The van der Waals surface area contributed by atoms with Crippen molar-refractivity contribution >= 4 is 12.1 Å². The molecule has 0 aliphatic carbocycles. The summed E-state index contributed by atoms with van der Waals surface area (Å²) >= 11 is 0. The van der Waals surface area contributed by atoms with Crippen molar-refractivity contribution in [3.63, 3.8) is 0 Å². The number of carboxylic acids is 1. The summed E-state index contributed by atoms with van der Waals surface area (Å²) in [5, 5.41) is 11.4. The van der Waals surface area contributed by atoms with E-state index in [1.54, 1.807) is 12.1 Å². The Morgan fingerprint density at radius 3 is 2.58 bits per heavy atom. The van der Waals surface area contributed by atoms with Crippen molar-refractivity contribution in [2.24, 2.45) is 0 Å². The monoisotopic (exact) mass is 263 g/mol. The molecular formula is C14H17NO4. The minimum atomic E-state index is -0.991. The molecule has 0 spiro atoms. The molecule has 5 nitrogen and oxygen atoms in total. The molecule has 0 saturated heterocycles. The van der Waals surface area contributed by atoms with Gasteiger partial charge in [0.05, 0.1) is 12.5 Å². The molecule has 0 bridgehead atoms. The highest BCUT2D eigenvalue weighted by Crippen LogP contribution is 2.17. The van der Waals surface area contributed by atoms with Crippen LogP contribution in [0.15, 0.2) is 36.9 Å². The van der Waals surface area contributed by atoms with Crippen LogP contribution < -0.4 is 5.32 Å². The van der Waals surface area contributed by atoms with Gasteiger partial charge in [-0.2, -0.15) is 0 Å². The van der Waals surface area contributed by atoms with E-state index in [1.165, 1.54) is 6.08 Å². The first-order chi connectivity index (χ1) is 9.02. The molecule has 1 aromatic carbocycles. The molecule has 1 atom stereocenters. The number of ether oxygens (including phenoxy) is 1. The maximum Gasteiger partial charge on any atom is 0.407 e. The molecule has 1 rings (SSSR count). The van der Waals surface area contributed by atoms with Crippen LogP contribution >= 0.6 is 0 Å². The molecule has 1 amide bonds. The molecule has 0 unspecified atom stereocenters. The number of amides is 1. The van der Waals surface area contributed by atoms with E-state index in [4.69, 9.17) is 9.84 Å². The number of nitrogens with one attached hydrogen (secondary N) is 1. The van der Waals surface area contributed by atoms with Crippen LogP contribution in [0.2, 0.25) is 0 Å². The molecule has 19 heavy (non-hydrogen) atoms. The fourth-order valence-electron chi connectivity index (χ4n) is 1.54. The molecule has 5 heteroatoms. The van der Waals surface area contributed by atoms with Gasteiger partial charge >= 0.3 is 12.1 Å². The quantitative estimate of drug-likeness (QED) is 0.773. The van der Waals surface area contributed by atoms with Gasteiger partial charge in [-0.1, -0.05) is 42.5 Å². The van der Waals surface area contributed by atoms with Crippen LogP contribution in [0.25, 0.3) is 0 Å². The number of carbonyl (C=O) groups excluding carboxylic acids is 1. The van der Waals surface area contributed by atoms with Crippen molar-refractivity contribution in [2.45, 2.75) is 19.4 Å². The number of carboxylic acid groups (broad SMARTS) is 1. The number of alkyl carbamates (subject to hydrolysis) is 1. The average Bonchev–Trinajstić information content (AvgIpc) is 2.36. The van der Waals surface area contributed by atoms with E-state index in [9.17, 15) is 9.59 Å². The summed E-state index contributed by atoms with van der Waals surface area (Å²) in [6.07, 6.45) is 0.580. The maximum atomic E-state index is 11.5. The molecule has 0 radical (unpaired) electrons. The molecule has 0 aliphatic rings. The molecule has 0 aliphatic heterocycles. The predicted octanol–water partition coefficient (Wildman–Crippen LogP) is 2.42. The summed E-state index contributed by atoms with van der Waals surface area (Å²) in [5.74, 6) is -0.991. The number of hydrogen-bond donors (Lipinski definition) is 2. The highest BCUT2D eigenvalue weighted by molar-refractivity contribution is 5.72. The zero-order valence-electron chi connectivity index (χ0n) is 10.8. The van der Waals surface area contributed by atoms with Gasteiger partial charge in [-0.15, -0.1) is 0 Å². The molecule has 0 saturated carbocycles. The van der Waals surface area contributed by atoms with Gasteiger partial charge in [0.1, 0.15) is 6.61 Å². The molecule has 1 aromatic rings. The number of hydrogen-bond acceptors (Lipinski definition) is 3. The second kappa shape index (κ2) is 7.20. The zero-order chi connectivity index (χ0) is 14.3. The van der Waals surface area contributed by atoms with E-state index in [0.29, 0.717) is 0 Å². The van der Waals surface area contributed by atoms with Crippen LogP contribution in [-0.2, 0) is 9.53 Å². The van der Waals surface area contributed by atoms with Crippen LogP contribution in [0.4, 0.5) is 4.79 Å². The van der Waals surface area contributed by atoms with Gasteiger partial charge in [0.15, 0.2) is 0 Å². The van der Waals surface area contributed by atoms with Crippen LogP contribution in [0.3, 0.4) is 0 Å². The Kier molecular flexibility index (Phi) is 5.60. The minimum absolute atomic E-state index is 0.0829. The third-order valence-corrected chi connectivity index (χ3v) is 2.48. The Balaban J connectivity index is 2.76. The molecule has 102 valence electrons. The van der Waals surface area contributed by atoms with Gasteiger partial charge < -0.3 is 15.2 Å². The van der Waals surface area contributed by atoms with Crippen molar-refractivity contribution in [3.05, 3.63) is 48.0 Å². The Morgan fingerprint density at radius 1 is 1.42 bits per heavy atom. The number of rotatable bonds is 6. The van der Waals surface area contributed by atoms with Crippen molar-refractivity contribution in [3.8, 4) is 0 Å². The van der Waals surface area contributed by atoms with E-state index in [0.717, 1.165) is 11.1 Å². The predicted molar refractivity (Wildman–Crippen MR) is 70.9 cm³/mol. The van der Waals surface area contributed by atoms with Crippen molar-refractivity contribution in [1.82, 2.24) is 5.32 Å². The fourth-order valence-corrected chi connectivity index (χ4v) is 1.54. The van der Waals surface area contributed by atoms with E-state index in [1.807, 2.05) is 19.1 Å². The van der Waals surface area contributed by atoms with Gasteiger partial charge in [0.2, 0.25) is 0 Å². The topological polar surface area (TPSA) is 75.6 Å². The van der Waals surface area contributed by atoms with Crippen LogP contribution in [0, 0.1) is 6.92 Å². The summed E-state index contributed by atoms with van der Waals surface area (Å²) in [6.45, 7) is 5.44. The Labute approximate surface area is 111 Å². The second-order valence-corrected chi connectivity index (χ2v) is 4.09. The first-order valence-electron chi connectivity index (χ1n) is 5.85. The van der Waals surface area contributed by atoms with Crippen molar-refractivity contribution in [2.75, 3.05) is 6.61 Å². The minimum Gasteiger partial charge on any atom is -0.481 e. The van der Waals surface area contributed by atoms with Gasteiger partial charge in [0.25, 0.3) is 0 Å². The smallest absolute Gasteiger partial charge is 0.407 e. The van der Waals surface area contributed by atoms with Gasteiger partial charge in [-0.05, 0) is 12.5 Å². The summed E-state index contributed by atoms with van der Waals surface area (Å²) in [5.41, 5.74) is 1.79. The van der Waals surface area contributed by atoms with E-state index in [-0.39, 0.29) is 13.0 Å². The van der Waals surface area contributed by atoms with Crippen LogP contribution in [0.1, 0.15) is 23.6 Å². The van der Waals surface area contributed by atoms with Crippen molar-refractivity contribution < 1.29 is 19.4 Å². The lowest BCUT2D eigenvalue weighted by atomic mass is 10.0. The SMILES string of the molecule is C=CCOC(=O)N[C@H](CC(=O)O)c1ccc(C)cc1. The Bertz CT molecular complexity index is 453. The molecular weight excluding hydrogens is 246 g/mol. The number of carbonyl (C=O) groups is 2. The summed E-state index contributed by atoms with van der Waals surface area (Å²) in [7, 11) is 0. The Morgan fingerprint density at radius 2 is 2.05 bits per heavy atom. The summed E-state index contributed by atoms with van der Waals surface area (Å²) < 4.78 is 4.79. The lowest BCUT2D eigenvalue weighted by molar-refractivity contribution is -0.137. The first-order valence-corrected chi connectivity index (χ1v) is 5.85. The van der Waals surface area contributed by atoms with E-state index >= 15 is 0 Å². The summed E-state index contributed by atoms with van der Waals surface area (Å²) in [4.78, 5) is 22.3. The van der Waals surface area contributed by atoms with E-state index < -0.39 is 18.1 Å². The van der Waals surface area contributed by atoms with Gasteiger partial charge in [0, 0.05) is 0 Å². The maximum absolute atomic E-state index is 11.5. The molecule has 0 aromatic heterocycles. The normalized spacial score (nSPS) is 11.4. The summed E-state index contributed by atoms with van der Waals surface area (Å²) in [6, 6.07) is 6.69. The second-order valence-electron chi connectivity index (χ2n) is 4.09. The molecule has 2 N–H and O–H groups in total. The van der Waals surface area contributed by atoms with Crippen LogP contribution in [-0.4, -0.2) is 23.8 Å². The van der Waals surface area contributed by atoms with Gasteiger partial charge in [-0.3, -0.25) is 4.79 Å². The standard InChI is InChI=1S/C14H17NO4/c1-3-8-19-14(18)15-12(9-13(16)17)11-6-4-10(2)5-7-11/h3-7,12H,1,8-9H2,2H3,(H,15,18)(H,16,17)/t12-/m1/s1. The molecule has 0 heterocycles. The van der Waals surface area contributed by atoms with Crippen molar-refractivity contribution in [1.29, 1.82) is 0 Å². The number of benzene rings is 1. The highest BCUT2D eigenvalue weighted by atomic mass is 16.5. The first kappa shape index (κ1) is 14.8. The van der Waals surface area contributed by atoms with Crippen LogP contribution in [0.5, 0.6) is 0 Å². The lowest BCUT2D eigenvalue weighted by Crippen LogP contribution is -2.30. The zero-order valence-corrected chi connectivity index (χ0v) is 10.8. The fraction of sp³-hybridized carbons (Fsp3) is 0.286. The lowest BCUT2D eigenvalue weighted by Gasteiger charge is -2.17. The largest absolute Gasteiger partial charge is 0.481 e. The Hall–Kier alpha value is -2.30. The molecule has 0 fully saturated rings. The van der Waals surface area contributed by atoms with Gasteiger partial charge in [-0.25, -0.2) is 4.79 Å². The third-order valence-electron chi connectivity index (χ3n) is 2.48. The highest BCUT2D eigenvalue weighted by Gasteiger charge is 2.18.